The van der Waals surface area contributed by atoms with Gasteiger partial charge in [-0.05, 0) is 43.7 Å². The summed E-state index contributed by atoms with van der Waals surface area (Å²) in [5, 5.41) is 12.2. The summed E-state index contributed by atoms with van der Waals surface area (Å²) < 4.78 is 13.2. The molecule has 0 spiro atoms. The summed E-state index contributed by atoms with van der Waals surface area (Å²) in [6.07, 6.45) is 2.44. The van der Waals surface area contributed by atoms with Crippen molar-refractivity contribution in [3.05, 3.63) is 29.6 Å². The third-order valence-electron chi connectivity index (χ3n) is 3.06. The monoisotopic (exact) mass is 250 g/mol. The highest BCUT2D eigenvalue weighted by atomic mass is 32.2. The lowest BCUT2D eigenvalue weighted by molar-refractivity contribution is 0.625. The van der Waals surface area contributed by atoms with Crippen molar-refractivity contribution in [2.24, 2.45) is 0 Å². The van der Waals surface area contributed by atoms with Gasteiger partial charge in [-0.25, -0.2) is 4.39 Å². The van der Waals surface area contributed by atoms with E-state index in [1.807, 2.05) is 17.8 Å². The summed E-state index contributed by atoms with van der Waals surface area (Å²) >= 11 is 1.96. The molecule has 1 atom stereocenters. The fraction of sp³-hybridized carbons (Fsp3) is 0.462. The van der Waals surface area contributed by atoms with Gasteiger partial charge in [0.15, 0.2) is 0 Å². The number of benzene rings is 1. The molecule has 1 aromatic carbocycles. The van der Waals surface area contributed by atoms with Gasteiger partial charge in [0.05, 0.1) is 11.3 Å². The van der Waals surface area contributed by atoms with Gasteiger partial charge in [-0.15, -0.1) is 0 Å². The van der Waals surface area contributed by atoms with Gasteiger partial charge >= 0.3 is 0 Å². The molecule has 17 heavy (non-hydrogen) atoms. The fourth-order valence-electron chi connectivity index (χ4n) is 2.02. The smallest absolute Gasteiger partial charge is 0.124 e. The van der Waals surface area contributed by atoms with Crippen LogP contribution < -0.4 is 5.32 Å². The number of hydrogen-bond acceptors (Lipinski definition) is 3. The highest BCUT2D eigenvalue weighted by Crippen LogP contribution is 2.37. The SMILES string of the molecule is CC1(CNc2ccc(F)cc2C#N)CCCS1. The zero-order valence-corrected chi connectivity index (χ0v) is 10.6. The van der Waals surface area contributed by atoms with E-state index < -0.39 is 0 Å². The largest absolute Gasteiger partial charge is 0.383 e. The Bertz CT molecular complexity index is 447. The van der Waals surface area contributed by atoms with E-state index in [9.17, 15) is 4.39 Å². The molecule has 1 saturated heterocycles. The van der Waals surface area contributed by atoms with Crippen LogP contribution in [-0.2, 0) is 0 Å². The van der Waals surface area contributed by atoms with Crippen molar-refractivity contribution in [1.82, 2.24) is 0 Å². The molecule has 1 aromatic rings. The summed E-state index contributed by atoms with van der Waals surface area (Å²) in [4.78, 5) is 0. The minimum atomic E-state index is -0.367. The van der Waals surface area contributed by atoms with Gasteiger partial charge in [-0.1, -0.05) is 0 Å². The van der Waals surface area contributed by atoms with Gasteiger partial charge in [-0.3, -0.25) is 0 Å². The first-order valence-electron chi connectivity index (χ1n) is 5.70. The van der Waals surface area contributed by atoms with Crippen molar-refractivity contribution in [3.8, 4) is 6.07 Å². The molecule has 1 heterocycles. The lowest BCUT2D eigenvalue weighted by Crippen LogP contribution is -2.27. The van der Waals surface area contributed by atoms with Crippen LogP contribution in [0, 0.1) is 17.1 Å². The number of thioether (sulfide) groups is 1. The summed E-state index contributed by atoms with van der Waals surface area (Å²) in [7, 11) is 0. The summed E-state index contributed by atoms with van der Waals surface area (Å²) in [5.41, 5.74) is 1.10. The first kappa shape index (κ1) is 12.3. The highest BCUT2D eigenvalue weighted by molar-refractivity contribution is 8.00. The third-order valence-corrected chi connectivity index (χ3v) is 4.59. The van der Waals surface area contributed by atoms with Gasteiger partial charge in [0, 0.05) is 11.3 Å². The van der Waals surface area contributed by atoms with Crippen LogP contribution in [-0.4, -0.2) is 17.0 Å². The summed E-state index contributed by atoms with van der Waals surface area (Å²) in [5.74, 6) is 0.834. The molecule has 90 valence electrons. The molecule has 1 aliphatic rings. The topological polar surface area (TPSA) is 35.8 Å². The van der Waals surface area contributed by atoms with Crippen LogP contribution in [0.3, 0.4) is 0 Å². The molecule has 0 aromatic heterocycles. The van der Waals surface area contributed by atoms with E-state index in [1.54, 1.807) is 6.07 Å². The second-order valence-electron chi connectivity index (χ2n) is 4.56. The van der Waals surface area contributed by atoms with Crippen LogP contribution in [0.4, 0.5) is 10.1 Å². The first-order valence-corrected chi connectivity index (χ1v) is 6.69. The molecule has 4 heteroatoms. The number of nitrogens with one attached hydrogen (secondary N) is 1. The van der Waals surface area contributed by atoms with Crippen LogP contribution >= 0.6 is 11.8 Å². The minimum absolute atomic E-state index is 0.237. The minimum Gasteiger partial charge on any atom is -0.383 e. The maximum Gasteiger partial charge on any atom is 0.124 e. The van der Waals surface area contributed by atoms with Gasteiger partial charge in [0.1, 0.15) is 11.9 Å². The Morgan fingerprint density at radius 1 is 1.59 bits per heavy atom. The van der Waals surface area contributed by atoms with Crippen molar-refractivity contribution in [3.63, 3.8) is 0 Å². The zero-order chi connectivity index (χ0) is 12.3. The number of hydrogen-bond donors (Lipinski definition) is 1. The van der Waals surface area contributed by atoms with Crippen LogP contribution in [0.2, 0.25) is 0 Å². The molecule has 2 nitrogen and oxygen atoms in total. The average molecular weight is 250 g/mol. The zero-order valence-electron chi connectivity index (χ0n) is 9.79. The average Bonchev–Trinajstić information content (AvgIpc) is 2.75. The predicted molar refractivity (Wildman–Crippen MR) is 69.7 cm³/mol. The van der Waals surface area contributed by atoms with Gasteiger partial charge < -0.3 is 5.32 Å². The molecule has 0 amide bonds. The number of nitriles is 1. The van der Waals surface area contributed by atoms with Gasteiger partial charge in [0.2, 0.25) is 0 Å². The van der Waals surface area contributed by atoms with Gasteiger partial charge in [-0.2, -0.15) is 17.0 Å². The van der Waals surface area contributed by atoms with Crippen molar-refractivity contribution in [2.75, 3.05) is 17.6 Å². The number of anilines is 1. The molecule has 1 fully saturated rings. The van der Waals surface area contributed by atoms with Crippen molar-refractivity contribution in [1.29, 1.82) is 5.26 Å². The predicted octanol–water partition coefficient (Wildman–Crippen LogP) is 3.39. The third kappa shape index (κ3) is 2.92. The highest BCUT2D eigenvalue weighted by Gasteiger charge is 2.29. The van der Waals surface area contributed by atoms with E-state index in [1.165, 1.54) is 30.7 Å². The van der Waals surface area contributed by atoms with E-state index >= 15 is 0 Å². The molecule has 1 aliphatic heterocycles. The molecule has 2 rings (SSSR count). The molecular formula is C13H15FN2S. The van der Waals surface area contributed by atoms with Crippen LogP contribution in [0.5, 0.6) is 0 Å². The van der Waals surface area contributed by atoms with E-state index in [0.29, 0.717) is 5.56 Å². The molecular weight excluding hydrogens is 235 g/mol. The summed E-state index contributed by atoms with van der Waals surface area (Å²) in [6, 6.07) is 6.30. The maximum absolute atomic E-state index is 13.0. The first-order chi connectivity index (χ1) is 8.13. The van der Waals surface area contributed by atoms with Crippen molar-refractivity contribution < 1.29 is 4.39 Å². The van der Waals surface area contributed by atoms with E-state index in [4.69, 9.17) is 5.26 Å². The van der Waals surface area contributed by atoms with Crippen LogP contribution in [0.25, 0.3) is 0 Å². The number of halogens is 1. The summed E-state index contributed by atoms with van der Waals surface area (Å²) in [6.45, 7) is 3.05. The van der Waals surface area contributed by atoms with E-state index in [-0.39, 0.29) is 10.6 Å². The Morgan fingerprint density at radius 2 is 2.41 bits per heavy atom. The lowest BCUT2D eigenvalue weighted by atomic mass is 10.1. The fourth-order valence-corrected chi connectivity index (χ4v) is 3.27. The molecule has 0 aliphatic carbocycles. The number of nitrogens with zero attached hydrogens (tertiary/aromatic N) is 1. The molecule has 1 unspecified atom stereocenters. The Kier molecular flexibility index (Phi) is 3.58. The van der Waals surface area contributed by atoms with Crippen LogP contribution in [0.1, 0.15) is 25.3 Å². The standard InChI is InChI=1S/C13H15FN2S/c1-13(5-2-6-17-13)9-16-12-4-3-11(14)7-10(12)8-15/h3-4,7,16H,2,5-6,9H2,1H3. The molecule has 1 N–H and O–H groups in total. The Hall–Kier alpha value is -1.21. The Morgan fingerprint density at radius 3 is 3.06 bits per heavy atom. The second-order valence-corrected chi connectivity index (χ2v) is 6.24. The molecule has 0 bridgehead atoms. The Labute approximate surface area is 105 Å². The van der Waals surface area contributed by atoms with Crippen LogP contribution in [0.15, 0.2) is 18.2 Å². The molecule has 0 saturated carbocycles. The Balaban J connectivity index is 2.06. The number of rotatable bonds is 3. The molecule has 0 radical (unpaired) electrons. The lowest BCUT2D eigenvalue weighted by Gasteiger charge is -2.23. The maximum atomic E-state index is 13.0. The van der Waals surface area contributed by atoms with Crippen molar-refractivity contribution >= 4 is 17.4 Å². The quantitative estimate of drug-likeness (QED) is 0.893. The van der Waals surface area contributed by atoms with Gasteiger partial charge in [0.25, 0.3) is 0 Å². The normalized spacial score (nSPS) is 23.4. The van der Waals surface area contributed by atoms with Crippen molar-refractivity contribution in [2.45, 2.75) is 24.5 Å². The second kappa shape index (κ2) is 4.97. The van der Waals surface area contributed by atoms with E-state index in [0.717, 1.165) is 12.2 Å². The van der Waals surface area contributed by atoms with E-state index in [2.05, 4.69) is 12.2 Å².